The van der Waals surface area contributed by atoms with Gasteiger partial charge in [-0.3, -0.25) is 0 Å². The predicted octanol–water partition coefficient (Wildman–Crippen LogP) is 12.8. The van der Waals surface area contributed by atoms with Crippen LogP contribution in [0.2, 0.25) is 0 Å². The fourth-order valence-corrected chi connectivity index (χ4v) is 7.26. The zero-order chi connectivity index (χ0) is 36.8. The molecule has 2 aliphatic rings. The van der Waals surface area contributed by atoms with E-state index in [1.807, 2.05) is 47.6 Å². The molecule has 2 aliphatic heterocycles. The maximum absolute atomic E-state index is 6.57. The van der Waals surface area contributed by atoms with E-state index in [9.17, 15) is 0 Å². The van der Waals surface area contributed by atoms with E-state index in [0.717, 1.165) is 67.5 Å². The van der Waals surface area contributed by atoms with Gasteiger partial charge in [0.2, 0.25) is 0 Å². The van der Waals surface area contributed by atoms with Crippen molar-refractivity contribution in [1.82, 2.24) is 4.98 Å². The van der Waals surface area contributed by atoms with Gasteiger partial charge in [0.15, 0.2) is 0 Å². The molecule has 0 saturated heterocycles. The number of rotatable bonds is 6. The Balaban J connectivity index is 0.00000427. The number of hydrogen-bond donors (Lipinski definition) is 0. The molecule has 55 heavy (non-hydrogen) atoms. The van der Waals surface area contributed by atoms with Crippen LogP contribution in [-0.2, 0) is 25.8 Å². The second-order valence-corrected chi connectivity index (χ2v) is 14.7. The van der Waals surface area contributed by atoms with Crippen LogP contribution in [0.1, 0.15) is 31.9 Å². The van der Waals surface area contributed by atoms with Crippen LogP contribution < -0.4 is 19.4 Å². The molecule has 0 amide bonds. The van der Waals surface area contributed by atoms with Gasteiger partial charge in [-0.05, 0) is 71.3 Å². The van der Waals surface area contributed by atoms with Crippen molar-refractivity contribution in [2.75, 3.05) is 14.7 Å². The van der Waals surface area contributed by atoms with Crippen molar-refractivity contribution in [3.05, 3.63) is 188 Å². The standard InChI is InChI=1S/C49H39N4O.Pd/c1-34-29-48(50-32-45(34)35-13-6-5-7-14-35)53-46-20-11-10-19-43(46)41-17-8-9-18-42(41)44-26-25-40(31-47(44)53)54-39-16-12-15-38(30-39)52-28-27-51(33-52)37-23-21-36(22-24-37)49(2,3)4;/h5-29,32-33H,1-4H3;/q-3;. The first kappa shape index (κ1) is 36.1. The quantitative estimate of drug-likeness (QED) is 0.123. The number of aryl methyl sites for hydroxylation is 1. The molecule has 0 saturated carbocycles. The molecule has 274 valence electrons. The first-order valence-electron chi connectivity index (χ1n) is 18.3. The third kappa shape index (κ3) is 6.96. The normalized spacial score (nSPS) is 13.1. The van der Waals surface area contributed by atoms with Crippen LogP contribution in [0.5, 0.6) is 11.5 Å². The van der Waals surface area contributed by atoms with Crippen molar-refractivity contribution in [2.45, 2.75) is 33.1 Å². The first-order chi connectivity index (χ1) is 26.3. The molecule has 7 aromatic rings. The fourth-order valence-electron chi connectivity index (χ4n) is 7.26. The summed E-state index contributed by atoms with van der Waals surface area (Å²) < 4.78 is 6.57. The molecular formula is C49H39N4OPd-3. The summed E-state index contributed by atoms with van der Waals surface area (Å²) >= 11 is 0. The van der Waals surface area contributed by atoms with Gasteiger partial charge in [-0.15, -0.1) is 48.3 Å². The van der Waals surface area contributed by atoms with Crippen molar-refractivity contribution in [3.63, 3.8) is 0 Å². The van der Waals surface area contributed by atoms with Gasteiger partial charge in [0.05, 0.1) is 5.69 Å². The van der Waals surface area contributed by atoms with Crippen LogP contribution in [0.3, 0.4) is 0 Å². The number of para-hydroxylation sites is 1. The summed E-state index contributed by atoms with van der Waals surface area (Å²) in [5.41, 5.74) is 13.1. The summed E-state index contributed by atoms with van der Waals surface area (Å²) in [4.78, 5) is 11.5. The van der Waals surface area contributed by atoms with Crippen LogP contribution in [-0.4, -0.2) is 4.98 Å². The molecule has 1 aromatic heterocycles. The number of hydrogen-bond acceptors (Lipinski definition) is 5. The molecule has 0 spiro atoms. The molecule has 0 bridgehead atoms. The van der Waals surface area contributed by atoms with Gasteiger partial charge in [-0.1, -0.05) is 117 Å². The summed E-state index contributed by atoms with van der Waals surface area (Å²) in [5, 5.41) is 0. The van der Waals surface area contributed by atoms with Crippen LogP contribution in [0.15, 0.2) is 158 Å². The molecule has 0 fully saturated rings. The average Bonchev–Trinajstić information content (AvgIpc) is 3.65. The third-order valence-corrected chi connectivity index (χ3v) is 10.1. The van der Waals surface area contributed by atoms with Crippen LogP contribution >= 0.6 is 0 Å². The summed E-state index contributed by atoms with van der Waals surface area (Å²) in [6.45, 7) is 10.9. The van der Waals surface area contributed by atoms with Crippen LogP contribution in [0.4, 0.5) is 28.6 Å². The Morgan fingerprint density at radius 3 is 2.04 bits per heavy atom. The van der Waals surface area contributed by atoms with E-state index < -0.39 is 0 Å². The SMILES string of the molecule is Cc1cc(N2c3[c-]c(Oc4[c-]c(N5C=CN(c6ccc(C(C)(C)C)cc6)[CH-]5)ccc4)ccc3-c3ccccc3-c3ccccc32)ncc1-c1ccccc1.[Pd]. The molecular weight excluding hydrogens is 767 g/mol. The number of nitrogens with zero attached hydrogens (tertiary/aromatic N) is 4. The minimum Gasteiger partial charge on any atom is -0.509 e. The smallest absolute Gasteiger partial charge is 0.135 e. The Morgan fingerprint density at radius 1 is 0.618 bits per heavy atom. The minimum absolute atomic E-state index is 0. The zero-order valence-electron chi connectivity index (χ0n) is 31.1. The molecule has 3 heterocycles. The molecule has 9 rings (SSSR count). The van der Waals surface area contributed by atoms with Gasteiger partial charge in [-0.2, -0.15) is 12.1 Å². The summed E-state index contributed by atoms with van der Waals surface area (Å²) in [6.07, 6.45) is 6.07. The Labute approximate surface area is 337 Å². The van der Waals surface area contributed by atoms with E-state index in [1.54, 1.807) is 0 Å². The van der Waals surface area contributed by atoms with Crippen molar-refractivity contribution < 1.29 is 25.2 Å². The Kier molecular flexibility index (Phi) is 9.65. The topological polar surface area (TPSA) is 31.8 Å². The Bertz CT molecular complexity index is 2520. The van der Waals surface area contributed by atoms with Gasteiger partial charge in [0, 0.05) is 54.9 Å². The number of benzene rings is 6. The molecule has 0 aliphatic carbocycles. The van der Waals surface area contributed by atoms with Crippen LogP contribution in [0, 0.1) is 25.7 Å². The van der Waals surface area contributed by atoms with E-state index in [1.165, 1.54) is 5.56 Å². The number of ether oxygens (including phenoxy) is 1. The van der Waals surface area contributed by atoms with Gasteiger partial charge in [0.25, 0.3) is 0 Å². The van der Waals surface area contributed by atoms with E-state index in [0.29, 0.717) is 11.5 Å². The maximum atomic E-state index is 6.57. The summed E-state index contributed by atoms with van der Waals surface area (Å²) in [6, 6.07) is 55.6. The van der Waals surface area contributed by atoms with Crippen molar-refractivity contribution in [1.29, 1.82) is 0 Å². The molecule has 0 atom stereocenters. The van der Waals surface area contributed by atoms with E-state index >= 15 is 0 Å². The number of pyridine rings is 1. The third-order valence-electron chi connectivity index (χ3n) is 10.1. The second kappa shape index (κ2) is 14.7. The molecule has 0 radical (unpaired) electrons. The summed E-state index contributed by atoms with van der Waals surface area (Å²) in [5.74, 6) is 1.99. The Hall–Kier alpha value is -5.93. The first-order valence-corrected chi connectivity index (χ1v) is 18.3. The van der Waals surface area contributed by atoms with Gasteiger partial charge < -0.3 is 19.4 Å². The van der Waals surface area contributed by atoms with Crippen molar-refractivity contribution in [3.8, 4) is 44.9 Å². The number of fused-ring (bicyclic) bond motifs is 5. The van der Waals surface area contributed by atoms with E-state index in [2.05, 4.69) is 172 Å². The fraction of sp³-hybridized carbons (Fsp3) is 0.102. The van der Waals surface area contributed by atoms with E-state index in [4.69, 9.17) is 9.72 Å². The van der Waals surface area contributed by atoms with Gasteiger partial charge in [0.1, 0.15) is 5.82 Å². The molecule has 6 heteroatoms. The van der Waals surface area contributed by atoms with E-state index in [-0.39, 0.29) is 25.8 Å². The zero-order valence-corrected chi connectivity index (χ0v) is 32.7. The second-order valence-electron chi connectivity index (χ2n) is 14.7. The largest absolute Gasteiger partial charge is 0.509 e. The molecule has 6 aromatic carbocycles. The average molecular weight is 806 g/mol. The molecule has 0 unspecified atom stereocenters. The van der Waals surface area contributed by atoms with Gasteiger partial charge >= 0.3 is 0 Å². The van der Waals surface area contributed by atoms with Gasteiger partial charge in [-0.25, -0.2) is 4.98 Å². The number of anilines is 5. The monoisotopic (exact) mass is 805 g/mol. The molecule has 5 nitrogen and oxygen atoms in total. The minimum atomic E-state index is 0. The Morgan fingerprint density at radius 2 is 1.29 bits per heavy atom. The summed E-state index contributed by atoms with van der Waals surface area (Å²) in [7, 11) is 0. The van der Waals surface area contributed by atoms with Crippen molar-refractivity contribution in [2.24, 2.45) is 0 Å². The maximum Gasteiger partial charge on any atom is 0.135 e. The number of aromatic nitrogens is 1. The predicted molar refractivity (Wildman–Crippen MR) is 221 cm³/mol. The van der Waals surface area contributed by atoms with Crippen molar-refractivity contribution >= 4 is 28.6 Å². The van der Waals surface area contributed by atoms with Crippen LogP contribution in [0.25, 0.3) is 33.4 Å². The molecule has 0 N–H and O–H groups in total.